The van der Waals surface area contributed by atoms with Gasteiger partial charge in [0.25, 0.3) is 5.92 Å². The third-order valence-electron chi connectivity index (χ3n) is 4.07. The van der Waals surface area contributed by atoms with Crippen molar-refractivity contribution in [2.75, 3.05) is 6.61 Å². The number of fused-ring (bicyclic) bond motifs is 3. The maximum Gasteiger partial charge on any atom is 0.276 e. The summed E-state index contributed by atoms with van der Waals surface area (Å²) in [5, 5.41) is 0. The van der Waals surface area contributed by atoms with Gasteiger partial charge in [0.05, 0.1) is 6.61 Å². The van der Waals surface area contributed by atoms with Crippen LogP contribution in [0, 0.1) is 5.41 Å². The van der Waals surface area contributed by atoms with Crippen molar-refractivity contribution in [1.82, 2.24) is 0 Å². The summed E-state index contributed by atoms with van der Waals surface area (Å²) >= 11 is 0. The lowest BCUT2D eigenvalue weighted by atomic mass is 9.65. The van der Waals surface area contributed by atoms with Gasteiger partial charge in [-0.05, 0) is 31.1 Å². The summed E-state index contributed by atoms with van der Waals surface area (Å²) in [7, 11) is 0. The average Bonchev–Trinajstić information content (AvgIpc) is 2.19. The van der Waals surface area contributed by atoms with Crippen molar-refractivity contribution in [1.29, 1.82) is 0 Å². The Labute approximate surface area is 83.8 Å². The van der Waals surface area contributed by atoms with Crippen LogP contribution in [0.1, 0.15) is 46.0 Å². The van der Waals surface area contributed by atoms with E-state index in [1.54, 1.807) is 6.92 Å². The molecule has 2 aliphatic heterocycles. The Bertz CT molecular complexity index is 213. The van der Waals surface area contributed by atoms with Crippen LogP contribution in [0.5, 0.6) is 0 Å². The van der Waals surface area contributed by atoms with Gasteiger partial charge in [0.2, 0.25) is 0 Å². The van der Waals surface area contributed by atoms with Gasteiger partial charge in [-0.3, -0.25) is 0 Å². The summed E-state index contributed by atoms with van der Waals surface area (Å²) in [6.45, 7) is 4.20. The van der Waals surface area contributed by atoms with Crippen molar-refractivity contribution < 1.29 is 13.5 Å². The van der Waals surface area contributed by atoms with Crippen molar-refractivity contribution >= 4 is 0 Å². The summed E-state index contributed by atoms with van der Waals surface area (Å²) in [6.07, 6.45) is 2.74. The fourth-order valence-corrected chi connectivity index (χ4v) is 2.65. The summed E-state index contributed by atoms with van der Waals surface area (Å²) in [4.78, 5) is 0. The number of halogens is 2. The molecule has 2 bridgehead atoms. The standard InChI is InChI=1S/C11H18F2O/c1-3-11(12,13)10-6-4-9(2,5-7-10)8-14-10/h3-8H2,1-2H3. The highest BCUT2D eigenvalue weighted by atomic mass is 19.3. The van der Waals surface area contributed by atoms with E-state index in [-0.39, 0.29) is 11.8 Å². The molecule has 0 amide bonds. The molecule has 14 heavy (non-hydrogen) atoms. The monoisotopic (exact) mass is 204 g/mol. The molecule has 0 aromatic rings. The molecule has 0 spiro atoms. The van der Waals surface area contributed by atoms with Crippen molar-refractivity contribution in [2.24, 2.45) is 5.41 Å². The van der Waals surface area contributed by atoms with Crippen molar-refractivity contribution in [3.63, 3.8) is 0 Å². The molecule has 0 aromatic heterocycles. The first-order valence-corrected chi connectivity index (χ1v) is 5.45. The van der Waals surface area contributed by atoms with Gasteiger partial charge in [-0.15, -0.1) is 0 Å². The summed E-state index contributed by atoms with van der Waals surface area (Å²) in [5.41, 5.74) is -0.953. The molecule has 2 saturated heterocycles. The van der Waals surface area contributed by atoms with Crippen molar-refractivity contribution in [2.45, 2.75) is 57.5 Å². The highest BCUT2D eigenvalue weighted by Crippen LogP contribution is 2.54. The van der Waals surface area contributed by atoms with Crippen LogP contribution >= 0.6 is 0 Å². The minimum Gasteiger partial charge on any atom is -0.368 e. The van der Waals surface area contributed by atoms with Gasteiger partial charge in [-0.25, -0.2) is 8.78 Å². The quantitative estimate of drug-likeness (QED) is 0.670. The van der Waals surface area contributed by atoms with E-state index in [9.17, 15) is 8.78 Å². The van der Waals surface area contributed by atoms with E-state index >= 15 is 0 Å². The molecular formula is C11H18F2O. The molecule has 0 atom stereocenters. The normalized spacial score (nSPS) is 42.9. The molecular weight excluding hydrogens is 186 g/mol. The number of alkyl halides is 2. The number of hydrogen-bond acceptors (Lipinski definition) is 1. The topological polar surface area (TPSA) is 9.23 Å². The number of rotatable bonds is 2. The van der Waals surface area contributed by atoms with E-state index in [0.29, 0.717) is 19.4 Å². The molecule has 0 N–H and O–H groups in total. The molecule has 1 saturated carbocycles. The Morgan fingerprint density at radius 2 is 1.79 bits per heavy atom. The SMILES string of the molecule is CCC(F)(F)C12CCC(C)(CC1)CO2. The summed E-state index contributed by atoms with van der Waals surface area (Å²) < 4.78 is 32.9. The Kier molecular flexibility index (Phi) is 2.15. The Morgan fingerprint density at radius 3 is 2.14 bits per heavy atom. The molecule has 1 nitrogen and oxygen atoms in total. The minimum absolute atomic E-state index is 0.107. The van der Waals surface area contributed by atoms with Gasteiger partial charge < -0.3 is 4.74 Å². The lowest BCUT2D eigenvalue weighted by Gasteiger charge is -2.54. The summed E-state index contributed by atoms with van der Waals surface area (Å²) in [5.74, 6) is -2.64. The molecule has 3 rings (SSSR count). The van der Waals surface area contributed by atoms with Gasteiger partial charge in [0.1, 0.15) is 5.60 Å². The van der Waals surface area contributed by atoms with E-state index < -0.39 is 11.5 Å². The lowest BCUT2D eigenvalue weighted by molar-refractivity contribution is -0.277. The Hall–Kier alpha value is -0.180. The van der Waals surface area contributed by atoms with Crippen LogP contribution in [0.3, 0.4) is 0 Å². The first-order chi connectivity index (χ1) is 6.43. The van der Waals surface area contributed by atoms with Crippen LogP contribution in [0.4, 0.5) is 8.78 Å². The predicted octanol–water partition coefficient (Wildman–Crippen LogP) is 3.38. The van der Waals surface area contributed by atoms with E-state index in [0.717, 1.165) is 12.8 Å². The predicted molar refractivity (Wildman–Crippen MR) is 50.5 cm³/mol. The Balaban J connectivity index is 2.20. The first kappa shape index (κ1) is 10.3. The second kappa shape index (κ2) is 2.91. The zero-order valence-electron chi connectivity index (χ0n) is 8.91. The average molecular weight is 204 g/mol. The van der Waals surface area contributed by atoms with Gasteiger partial charge in [-0.2, -0.15) is 0 Å². The van der Waals surface area contributed by atoms with Crippen LogP contribution in [0.15, 0.2) is 0 Å². The number of hydrogen-bond donors (Lipinski definition) is 0. The van der Waals surface area contributed by atoms with Crippen molar-refractivity contribution in [3.8, 4) is 0 Å². The molecule has 0 aromatic carbocycles. The van der Waals surface area contributed by atoms with Crippen LogP contribution in [0.2, 0.25) is 0 Å². The zero-order valence-corrected chi connectivity index (χ0v) is 8.91. The Morgan fingerprint density at radius 1 is 1.21 bits per heavy atom. The smallest absolute Gasteiger partial charge is 0.276 e. The molecule has 1 aliphatic carbocycles. The molecule has 82 valence electrons. The molecule has 0 unspecified atom stereocenters. The fourth-order valence-electron chi connectivity index (χ4n) is 2.65. The summed E-state index contributed by atoms with van der Waals surface area (Å²) in [6, 6.07) is 0. The fraction of sp³-hybridized carbons (Fsp3) is 1.00. The largest absolute Gasteiger partial charge is 0.368 e. The van der Waals surface area contributed by atoms with E-state index in [2.05, 4.69) is 6.92 Å². The van der Waals surface area contributed by atoms with Crippen LogP contribution in [-0.2, 0) is 4.74 Å². The van der Waals surface area contributed by atoms with Gasteiger partial charge in [-0.1, -0.05) is 13.8 Å². The third kappa shape index (κ3) is 1.28. The van der Waals surface area contributed by atoms with Crippen LogP contribution in [0.25, 0.3) is 0 Å². The maximum absolute atomic E-state index is 13.7. The molecule has 3 aliphatic rings. The molecule has 2 heterocycles. The molecule has 3 fully saturated rings. The second-order valence-corrected chi connectivity index (χ2v) is 5.15. The zero-order chi connectivity index (χ0) is 10.4. The van der Waals surface area contributed by atoms with E-state index in [4.69, 9.17) is 4.74 Å². The van der Waals surface area contributed by atoms with Crippen molar-refractivity contribution in [3.05, 3.63) is 0 Å². The van der Waals surface area contributed by atoms with Gasteiger partial charge >= 0.3 is 0 Å². The minimum atomic E-state index is -2.64. The molecule has 3 heteroatoms. The highest BCUT2D eigenvalue weighted by molar-refractivity contribution is 5.04. The first-order valence-electron chi connectivity index (χ1n) is 5.45. The lowest BCUT2D eigenvalue weighted by Crippen LogP contribution is -2.59. The van der Waals surface area contributed by atoms with E-state index in [1.807, 2.05) is 0 Å². The maximum atomic E-state index is 13.7. The van der Waals surface area contributed by atoms with E-state index in [1.165, 1.54) is 0 Å². The second-order valence-electron chi connectivity index (χ2n) is 5.15. The van der Waals surface area contributed by atoms with Crippen LogP contribution < -0.4 is 0 Å². The van der Waals surface area contributed by atoms with Crippen LogP contribution in [-0.4, -0.2) is 18.1 Å². The molecule has 0 radical (unpaired) electrons. The third-order valence-corrected chi connectivity index (χ3v) is 4.07. The van der Waals surface area contributed by atoms with Gasteiger partial charge in [0, 0.05) is 6.42 Å². The number of ether oxygens (including phenoxy) is 1. The highest BCUT2D eigenvalue weighted by Gasteiger charge is 2.59. The van der Waals surface area contributed by atoms with Gasteiger partial charge in [0.15, 0.2) is 0 Å².